The molecule has 0 bridgehead atoms. The van der Waals surface area contributed by atoms with Gasteiger partial charge in [-0.05, 0) is 24.3 Å². The molecular weight excluding hydrogens is 434 g/mol. The number of halogens is 1. The molecule has 4 rings (SSSR count). The smallest absolute Gasteiger partial charge is 0.308 e. The third-order valence-corrected chi connectivity index (χ3v) is 4.66. The Morgan fingerprint density at radius 1 is 1.06 bits per heavy atom. The van der Waals surface area contributed by atoms with Crippen molar-refractivity contribution < 1.29 is 19.0 Å². The van der Waals surface area contributed by atoms with E-state index < -0.39 is 5.97 Å². The molecule has 2 heterocycles. The Labute approximate surface area is 188 Å². The SMILES string of the molecule is COc1cc2ncnc(Nc3ccc(OCc4cnccn4)c(Cl)c3)c2cc1OC(C)=O. The van der Waals surface area contributed by atoms with E-state index in [4.69, 9.17) is 25.8 Å². The Hall–Kier alpha value is -3.98. The summed E-state index contributed by atoms with van der Waals surface area (Å²) >= 11 is 6.39. The molecule has 0 saturated carbocycles. The van der Waals surface area contributed by atoms with Crippen LogP contribution in [0.5, 0.6) is 17.2 Å². The third kappa shape index (κ3) is 4.84. The molecule has 10 heteroatoms. The van der Waals surface area contributed by atoms with Crippen molar-refractivity contribution in [3.63, 3.8) is 0 Å². The first-order valence-corrected chi connectivity index (χ1v) is 9.86. The summed E-state index contributed by atoms with van der Waals surface area (Å²) in [5.74, 6) is 1.23. The number of benzene rings is 2. The van der Waals surface area contributed by atoms with Gasteiger partial charge in [-0.2, -0.15) is 0 Å². The van der Waals surface area contributed by atoms with Gasteiger partial charge in [-0.15, -0.1) is 0 Å². The zero-order valence-electron chi connectivity index (χ0n) is 17.2. The van der Waals surface area contributed by atoms with Crippen molar-refractivity contribution in [1.29, 1.82) is 0 Å². The molecule has 0 aliphatic carbocycles. The summed E-state index contributed by atoms with van der Waals surface area (Å²) in [5, 5.41) is 4.27. The van der Waals surface area contributed by atoms with E-state index in [0.29, 0.717) is 44.6 Å². The summed E-state index contributed by atoms with van der Waals surface area (Å²) in [4.78, 5) is 28.2. The summed E-state index contributed by atoms with van der Waals surface area (Å²) in [7, 11) is 1.49. The average molecular weight is 452 g/mol. The molecule has 0 fully saturated rings. The van der Waals surface area contributed by atoms with Crippen molar-refractivity contribution in [2.24, 2.45) is 0 Å². The number of nitrogens with one attached hydrogen (secondary N) is 1. The van der Waals surface area contributed by atoms with Crippen LogP contribution in [-0.4, -0.2) is 33.0 Å². The van der Waals surface area contributed by atoms with E-state index in [1.54, 1.807) is 42.9 Å². The first kappa shape index (κ1) is 21.3. The number of hydrogen-bond donors (Lipinski definition) is 1. The van der Waals surface area contributed by atoms with Crippen LogP contribution >= 0.6 is 11.6 Å². The van der Waals surface area contributed by atoms with Crippen molar-refractivity contribution in [3.05, 3.63) is 66.0 Å². The van der Waals surface area contributed by atoms with Crippen molar-refractivity contribution >= 4 is 40.0 Å². The van der Waals surface area contributed by atoms with E-state index in [-0.39, 0.29) is 12.4 Å². The van der Waals surface area contributed by atoms with Gasteiger partial charge in [0.25, 0.3) is 0 Å². The Bertz CT molecular complexity index is 1270. The van der Waals surface area contributed by atoms with Gasteiger partial charge in [-0.25, -0.2) is 9.97 Å². The van der Waals surface area contributed by atoms with Crippen LogP contribution in [0.25, 0.3) is 10.9 Å². The van der Waals surface area contributed by atoms with Crippen LogP contribution in [0, 0.1) is 0 Å². The van der Waals surface area contributed by atoms with Gasteiger partial charge < -0.3 is 19.5 Å². The van der Waals surface area contributed by atoms with E-state index in [0.717, 1.165) is 0 Å². The molecule has 9 nitrogen and oxygen atoms in total. The molecular formula is C22H18ClN5O4. The van der Waals surface area contributed by atoms with E-state index in [1.807, 2.05) is 6.07 Å². The van der Waals surface area contributed by atoms with Crippen molar-refractivity contribution in [2.75, 3.05) is 12.4 Å². The fraction of sp³-hybridized carbons (Fsp3) is 0.136. The standard InChI is InChI=1S/C22H18ClN5O4/c1-13(29)32-21-8-16-18(9-20(21)30-2)26-12-27-22(16)28-14-3-4-19(17(23)7-14)31-11-15-10-24-5-6-25-15/h3-10,12H,11H2,1-2H3,(H,26,27,28). The molecule has 0 atom stereocenters. The van der Waals surface area contributed by atoms with Gasteiger partial charge >= 0.3 is 5.97 Å². The van der Waals surface area contributed by atoms with E-state index in [9.17, 15) is 4.79 Å². The van der Waals surface area contributed by atoms with E-state index >= 15 is 0 Å². The molecule has 0 saturated heterocycles. The number of carbonyl (C=O) groups excluding carboxylic acids is 1. The Morgan fingerprint density at radius 3 is 2.66 bits per heavy atom. The molecule has 0 unspecified atom stereocenters. The lowest BCUT2D eigenvalue weighted by Gasteiger charge is -2.13. The van der Waals surface area contributed by atoms with Gasteiger partial charge in [-0.3, -0.25) is 14.8 Å². The van der Waals surface area contributed by atoms with E-state index in [1.165, 1.54) is 20.4 Å². The highest BCUT2D eigenvalue weighted by molar-refractivity contribution is 6.32. The Balaban J connectivity index is 1.58. The number of rotatable bonds is 7. The minimum atomic E-state index is -0.460. The second kappa shape index (κ2) is 9.44. The number of esters is 1. The minimum Gasteiger partial charge on any atom is -0.493 e. The monoisotopic (exact) mass is 451 g/mol. The van der Waals surface area contributed by atoms with Crippen LogP contribution in [0.2, 0.25) is 5.02 Å². The highest BCUT2D eigenvalue weighted by Gasteiger charge is 2.14. The molecule has 0 aliphatic rings. The maximum Gasteiger partial charge on any atom is 0.308 e. The number of methoxy groups -OCH3 is 1. The topological polar surface area (TPSA) is 108 Å². The lowest BCUT2D eigenvalue weighted by atomic mass is 10.2. The van der Waals surface area contributed by atoms with Crippen LogP contribution in [0.4, 0.5) is 11.5 Å². The number of aromatic nitrogens is 4. The zero-order valence-corrected chi connectivity index (χ0v) is 18.0. The molecule has 4 aromatic rings. The molecule has 2 aromatic carbocycles. The highest BCUT2D eigenvalue weighted by Crippen LogP contribution is 2.36. The quantitative estimate of drug-likeness (QED) is 0.324. The highest BCUT2D eigenvalue weighted by atomic mass is 35.5. The predicted octanol–water partition coefficient (Wildman–Crippen LogP) is 4.33. The van der Waals surface area contributed by atoms with Crippen molar-refractivity contribution in [2.45, 2.75) is 13.5 Å². The molecule has 0 spiro atoms. The van der Waals surface area contributed by atoms with Gasteiger partial charge in [-0.1, -0.05) is 11.6 Å². The summed E-state index contributed by atoms with van der Waals surface area (Å²) in [6.07, 6.45) is 6.25. The zero-order chi connectivity index (χ0) is 22.5. The first-order chi connectivity index (χ1) is 15.5. The number of hydrogen-bond acceptors (Lipinski definition) is 9. The van der Waals surface area contributed by atoms with E-state index in [2.05, 4.69) is 25.3 Å². The summed E-state index contributed by atoms with van der Waals surface area (Å²) < 4.78 is 16.3. The van der Waals surface area contributed by atoms with Crippen molar-refractivity contribution in [1.82, 2.24) is 19.9 Å². The van der Waals surface area contributed by atoms with Gasteiger partial charge in [0.15, 0.2) is 11.5 Å². The average Bonchev–Trinajstić information content (AvgIpc) is 2.79. The Kier molecular flexibility index (Phi) is 6.27. The summed E-state index contributed by atoms with van der Waals surface area (Å²) in [5.41, 5.74) is 1.99. The summed E-state index contributed by atoms with van der Waals surface area (Å²) in [6.45, 7) is 1.57. The third-order valence-electron chi connectivity index (χ3n) is 4.36. The number of ether oxygens (including phenoxy) is 3. The molecule has 0 radical (unpaired) electrons. The fourth-order valence-electron chi connectivity index (χ4n) is 2.95. The van der Waals surface area contributed by atoms with Crippen LogP contribution < -0.4 is 19.5 Å². The molecule has 0 aliphatic heterocycles. The van der Waals surface area contributed by atoms with Crippen molar-refractivity contribution in [3.8, 4) is 17.2 Å². The van der Waals surface area contributed by atoms with Gasteiger partial charge in [0.2, 0.25) is 0 Å². The number of anilines is 2. The second-order valence-electron chi connectivity index (χ2n) is 6.59. The normalized spacial score (nSPS) is 10.6. The summed E-state index contributed by atoms with van der Waals surface area (Å²) in [6, 6.07) is 8.60. The van der Waals surface area contributed by atoms with Crippen LogP contribution in [0.15, 0.2) is 55.2 Å². The maximum atomic E-state index is 11.4. The lowest BCUT2D eigenvalue weighted by molar-refractivity contribution is -0.132. The number of nitrogens with zero attached hydrogens (tertiary/aromatic N) is 4. The van der Waals surface area contributed by atoms with Gasteiger partial charge in [0, 0.05) is 36.5 Å². The Morgan fingerprint density at radius 2 is 1.94 bits per heavy atom. The maximum absolute atomic E-state index is 11.4. The lowest BCUT2D eigenvalue weighted by Crippen LogP contribution is -2.04. The molecule has 0 amide bonds. The minimum absolute atomic E-state index is 0.248. The van der Waals surface area contributed by atoms with Crippen LogP contribution in [0.1, 0.15) is 12.6 Å². The predicted molar refractivity (Wildman–Crippen MR) is 118 cm³/mol. The molecule has 1 N–H and O–H groups in total. The van der Waals surface area contributed by atoms with Gasteiger partial charge in [0.1, 0.15) is 24.5 Å². The second-order valence-corrected chi connectivity index (χ2v) is 7.00. The number of fused-ring (bicyclic) bond motifs is 1. The van der Waals surface area contributed by atoms with Crippen LogP contribution in [-0.2, 0) is 11.4 Å². The molecule has 162 valence electrons. The molecule has 2 aromatic heterocycles. The number of carbonyl (C=O) groups is 1. The van der Waals surface area contributed by atoms with Crippen LogP contribution in [0.3, 0.4) is 0 Å². The largest absolute Gasteiger partial charge is 0.493 e. The molecule has 32 heavy (non-hydrogen) atoms. The van der Waals surface area contributed by atoms with Gasteiger partial charge in [0.05, 0.1) is 29.5 Å². The first-order valence-electron chi connectivity index (χ1n) is 9.49. The fourth-order valence-corrected chi connectivity index (χ4v) is 3.18.